The highest BCUT2D eigenvalue weighted by molar-refractivity contribution is 6.22. The first-order valence-corrected chi connectivity index (χ1v) is 16.9. The second kappa shape index (κ2) is 11.7. The number of hydrogen-bond donors (Lipinski definition) is 0. The molecule has 0 amide bonds. The normalized spacial score (nSPS) is 11.5. The Kier molecular flexibility index (Phi) is 6.87. The highest BCUT2D eigenvalue weighted by Crippen LogP contribution is 2.45. The Balaban J connectivity index is 1.31. The van der Waals surface area contributed by atoms with Gasteiger partial charge in [0.15, 0.2) is 0 Å². The van der Waals surface area contributed by atoms with Crippen LogP contribution in [0.25, 0.3) is 87.6 Å². The van der Waals surface area contributed by atoms with E-state index < -0.39 is 0 Å². The summed E-state index contributed by atoms with van der Waals surface area (Å²) in [4.78, 5) is 0. The largest absolute Gasteiger partial charge is 0.0616 e. The molecule has 0 heterocycles. The molecule has 0 atom stereocenters. The van der Waals surface area contributed by atoms with Crippen LogP contribution in [0.15, 0.2) is 176 Å². The van der Waals surface area contributed by atoms with Crippen molar-refractivity contribution in [2.24, 2.45) is 0 Å². The van der Waals surface area contributed by atoms with Gasteiger partial charge in [-0.05, 0) is 112 Å². The molecule has 0 saturated heterocycles. The predicted octanol–water partition coefficient (Wildman–Crippen LogP) is 13.5. The smallest absolute Gasteiger partial charge is 0.00261 e. The lowest BCUT2D eigenvalue weighted by atomic mass is 9.84. The van der Waals surface area contributed by atoms with Crippen molar-refractivity contribution in [1.82, 2.24) is 0 Å². The zero-order chi connectivity index (χ0) is 32.0. The minimum Gasteiger partial charge on any atom is -0.0616 e. The average Bonchev–Trinajstić information content (AvgIpc) is 3.16. The van der Waals surface area contributed by atoms with E-state index in [4.69, 9.17) is 0 Å². The molecule has 0 saturated carbocycles. The van der Waals surface area contributed by atoms with Crippen molar-refractivity contribution in [3.05, 3.63) is 181 Å². The lowest BCUT2D eigenvalue weighted by molar-refractivity contribution is 1.15. The first kappa shape index (κ1) is 28.3. The van der Waals surface area contributed by atoms with Crippen LogP contribution in [0.2, 0.25) is 0 Å². The Labute approximate surface area is 281 Å². The van der Waals surface area contributed by atoms with Gasteiger partial charge in [0.1, 0.15) is 0 Å². The molecule has 48 heavy (non-hydrogen) atoms. The number of benzene rings is 9. The monoisotopic (exact) mass is 610 g/mol. The van der Waals surface area contributed by atoms with Gasteiger partial charge in [0.05, 0.1) is 0 Å². The summed E-state index contributed by atoms with van der Waals surface area (Å²) in [6, 6.07) is 65.0. The van der Waals surface area contributed by atoms with E-state index in [1.54, 1.807) is 0 Å². The Morgan fingerprint density at radius 3 is 1.27 bits per heavy atom. The summed E-state index contributed by atoms with van der Waals surface area (Å²) in [5.41, 5.74) is 11.4. The molecule has 0 heteroatoms. The Bertz CT molecular complexity index is 2650. The van der Waals surface area contributed by atoms with Crippen molar-refractivity contribution in [3.8, 4) is 44.5 Å². The van der Waals surface area contributed by atoms with E-state index in [1.807, 2.05) is 0 Å². The molecule has 9 aromatic rings. The zero-order valence-corrected chi connectivity index (χ0v) is 27.0. The minimum atomic E-state index is 0.990. The molecule has 0 unspecified atom stereocenters. The second-order valence-corrected chi connectivity index (χ2v) is 12.7. The maximum atomic E-state index is 2.43. The molecule has 0 aliphatic heterocycles. The molecule has 0 bridgehead atoms. The van der Waals surface area contributed by atoms with Gasteiger partial charge in [-0.2, -0.15) is 0 Å². The highest BCUT2D eigenvalue weighted by atomic mass is 14.2. The van der Waals surface area contributed by atoms with Crippen LogP contribution in [0.1, 0.15) is 12.5 Å². The molecule has 226 valence electrons. The van der Waals surface area contributed by atoms with Crippen molar-refractivity contribution >= 4 is 43.1 Å². The third-order valence-corrected chi connectivity index (χ3v) is 10.0. The summed E-state index contributed by atoms with van der Waals surface area (Å²) in [5, 5.41) is 10.2. The van der Waals surface area contributed by atoms with Crippen LogP contribution in [0.3, 0.4) is 0 Å². The fourth-order valence-corrected chi connectivity index (χ4v) is 7.71. The SMILES string of the molecule is CCc1ccc2c(-c3cccc(-c4cccc5ccccc45)c3)c3ccccc3c(-c3cccc(-c4cccc5ccccc45)c3)c2c1. The van der Waals surface area contributed by atoms with Gasteiger partial charge in [0.2, 0.25) is 0 Å². The van der Waals surface area contributed by atoms with Crippen LogP contribution < -0.4 is 0 Å². The van der Waals surface area contributed by atoms with Crippen molar-refractivity contribution in [2.45, 2.75) is 13.3 Å². The number of hydrogen-bond acceptors (Lipinski definition) is 0. The topological polar surface area (TPSA) is 0 Å². The van der Waals surface area contributed by atoms with E-state index in [9.17, 15) is 0 Å². The van der Waals surface area contributed by atoms with Crippen LogP contribution >= 0.6 is 0 Å². The molecular weight excluding hydrogens is 577 g/mol. The van der Waals surface area contributed by atoms with Crippen LogP contribution in [0, 0.1) is 0 Å². The van der Waals surface area contributed by atoms with Gasteiger partial charge in [-0.3, -0.25) is 0 Å². The van der Waals surface area contributed by atoms with Crippen molar-refractivity contribution in [2.75, 3.05) is 0 Å². The molecule has 0 aliphatic carbocycles. The molecule has 0 N–H and O–H groups in total. The van der Waals surface area contributed by atoms with Crippen molar-refractivity contribution in [1.29, 1.82) is 0 Å². The quantitative estimate of drug-likeness (QED) is 0.170. The predicted molar refractivity (Wildman–Crippen MR) is 208 cm³/mol. The van der Waals surface area contributed by atoms with Crippen LogP contribution in [0.4, 0.5) is 0 Å². The molecule has 9 rings (SSSR count). The molecule has 0 nitrogen and oxygen atoms in total. The van der Waals surface area contributed by atoms with Crippen LogP contribution in [0.5, 0.6) is 0 Å². The lowest BCUT2D eigenvalue weighted by Crippen LogP contribution is -1.93. The zero-order valence-electron chi connectivity index (χ0n) is 27.0. The molecular formula is C48H34. The Morgan fingerprint density at radius 2 is 0.729 bits per heavy atom. The van der Waals surface area contributed by atoms with E-state index >= 15 is 0 Å². The first-order chi connectivity index (χ1) is 23.8. The van der Waals surface area contributed by atoms with Crippen molar-refractivity contribution < 1.29 is 0 Å². The Hall–Kier alpha value is -5.98. The molecule has 0 radical (unpaired) electrons. The average molecular weight is 611 g/mol. The van der Waals surface area contributed by atoms with Gasteiger partial charge in [-0.25, -0.2) is 0 Å². The minimum absolute atomic E-state index is 0.990. The Morgan fingerprint density at radius 1 is 0.312 bits per heavy atom. The maximum Gasteiger partial charge on any atom is -0.00261 e. The second-order valence-electron chi connectivity index (χ2n) is 12.7. The summed E-state index contributed by atoms with van der Waals surface area (Å²) in [5.74, 6) is 0. The van der Waals surface area contributed by atoms with Gasteiger partial charge in [-0.1, -0.05) is 171 Å². The van der Waals surface area contributed by atoms with Gasteiger partial charge in [-0.15, -0.1) is 0 Å². The summed E-state index contributed by atoms with van der Waals surface area (Å²) in [7, 11) is 0. The summed E-state index contributed by atoms with van der Waals surface area (Å²) < 4.78 is 0. The molecule has 0 spiro atoms. The third kappa shape index (κ3) is 4.69. The lowest BCUT2D eigenvalue weighted by Gasteiger charge is -2.19. The van der Waals surface area contributed by atoms with Gasteiger partial charge in [0.25, 0.3) is 0 Å². The van der Waals surface area contributed by atoms with E-state index in [1.165, 1.54) is 93.2 Å². The van der Waals surface area contributed by atoms with Crippen LogP contribution in [-0.2, 0) is 6.42 Å². The highest BCUT2D eigenvalue weighted by Gasteiger charge is 2.18. The standard InChI is InChI=1S/C48H34/c1-2-32-27-28-45-46(29-32)48(38-20-10-18-36(31-38)42-26-12-16-34-14-4-6-22-40(34)42)44-24-8-7-23-43(44)47(45)37-19-9-17-35(30-37)41-25-11-15-33-13-3-5-21-39(33)41/h3-31H,2H2,1H3. The summed E-state index contributed by atoms with van der Waals surface area (Å²) in [6.07, 6.45) is 0.990. The van der Waals surface area contributed by atoms with Gasteiger partial charge in [0, 0.05) is 0 Å². The van der Waals surface area contributed by atoms with E-state index in [0.717, 1.165) is 6.42 Å². The van der Waals surface area contributed by atoms with Gasteiger partial charge >= 0.3 is 0 Å². The third-order valence-electron chi connectivity index (χ3n) is 10.0. The number of rotatable bonds is 5. The van der Waals surface area contributed by atoms with Crippen LogP contribution in [-0.4, -0.2) is 0 Å². The van der Waals surface area contributed by atoms with E-state index in [0.29, 0.717) is 0 Å². The summed E-state index contributed by atoms with van der Waals surface area (Å²) in [6.45, 7) is 2.25. The van der Waals surface area contributed by atoms with E-state index in [-0.39, 0.29) is 0 Å². The molecule has 0 aromatic heterocycles. The molecule has 0 fully saturated rings. The fraction of sp³-hybridized carbons (Fsp3) is 0.0417. The van der Waals surface area contributed by atoms with Gasteiger partial charge < -0.3 is 0 Å². The maximum absolute atomic E-state index is 2.43. The van der Waals surface area contributed by atoms with E-state index in [2.05, 4.69) is 183 Å². The molecule has 9 aromatic carbocycles. The first-order valence-electron chi connectivity index (χ1n) is 16.9. The summed E-state index contributed by atoms with van der Waals surface area (Å²) >= 11 is 0. The molecule has 0 aliphatic rings. The number of aryl methyl sites for hydroxylation is 1. The fourth-order valence-electron chi connectivity index (χ4n) is 7.71. The number of fused-ring (bicyclic) bond motifs is 4. The van der Waals surface area contributed by atoms with Crippen molar-refractivity contribution in [3.63, 3.8) is 0 Å².